The average molecular weight is 306 g/mol. The van der Waals surface area contributed by atoms with E-state index in [1.165, 1.54) is 0 Å². The monoisotopic (exact) mass is 305 g/mol. The van der Waals surface area contributed by atoms with E-state index in [0.29, 0.717) is 31.1 Å². The zero-order valence-corrected chi connectivity index (χ0v) is 11.4. The summed E-state index contributed by atoms with van der Waals surface area (Å²) in [5.74, 6) is 1.25. The molecule has 1 aromatic carbocycles. The molecule has 0 bridgehead atoms. The van der Waals surface area contributed by atoms with Gasteiger partial charge in [-0.1, -0.05) is 0 Å². The van der Waals surface area contributed by atoms with Crippen molar-refractivity contribution in [2.75, 3.05) is 26.9 Å². The van der Waals surface area contributed by atoms with Crippen LogP contribution in [0.15, 0.2) is 16.6 Å². The van der Waals surface area contributed by atoms with Crippen molar-refractivity contribution in [3.63, 3.8) is 0 Å². The molecule has 0 aromatic heterocycles. The van der Waals surface area contributed by atoms with E-state index in [0.717, 1.165) is 16.5 Å². The van der Waals surface area contributed by atoms with Gasteiger partial charge in [0.05, 0.1) is 24.9 Å². The molecule has 0 fully saturated rings. The number of alkyl halides is 1. The first kappa shape index (κ1) is 14.3. The van der Waals surface area contributed by atoms with E-state index in [1.807, 2.05) is 12.1 Å². The number of hydrogen-bond donors (Lipinski definition) is 1. The van der Waals surface area contributed by atoms with Crippen LogP contribution in [0.25, 0.3) is 0 Å². The van der Waals surface area contributed by atoms with E-state index >= 15 is 0 Å². The van der Waals surface area contributed by atoms with Gasteiger partial charge >= 0.3 is 0 Å². The van der Waals surface area contributed by atoms with Gasteiger partial charge in [0.15, 0.2) is 11.5 Å². The Labute approximate surface area is 109 Å². The lowest BCUT2D eigenvalue weighted by molar-refractivity contribution is 0.272. The van der Waals surface area contributed by atoms with Crippen LogP contribution in [0.5, 0.6) is 11.5 Å². The van der Waals surface area contributed by atoms with E-state index in [-0.39, 0.29) is 6.67 Å². The van der Waals surface area contributed by atoms with E-state index < -0.39 is 0 Å². The minimum Gasteiger partial charge on any atom is -0.493 e. The normalized spacial score (nSPS) is 10.4. The summed E-state index contributed by atoms with van der Waals surface area (Å²) >= 11 is 3.42. The average Bonchev–Trinajstić information content (AvgIpc) is 2.32. The van der Waals surface area contributed by atoms with Crippen molar-refractivity contribution in [3.05, 3.63) is 22.2 Å². The zero-order valence-electron chi connectivity index (χ0n) is 9.84. The number of nitrogens with two attached hydrogens (primary N) is 1. The minimum atomic E-state index is -0.384. The van der Waals surface area contributed by atoms with Crippen LogP contribution in [0.4, 0.5) is 4.39 Å². The van der Waals surface area contributed by atoms with Gasteiger partial charge in [-0.05, 0) is 46.6 Å². The van der Waals surface area contributed by atoms with E-state index in [2.05, 4.69) is 15.9 Å². The summed E-state index contributed by atoms with van der Waals surface area (Å²) in [5.41, 5.74) is 6.59. The Morgan fingerprint density at radius 1 is 1.41 bits per heavy atom. The van der Waals surface area contributed by atoms with Gasteiger partial charge in [0.1, 0.15) is 0 Å². The predicted molar refractivity (Wildman–Crippen MR) is 69.5 cm³/mol. The van der Waals surface area contributed by atoms with Crippen molar-refractivity contribution >= 4 is 15.9 Å². The summed E-state index contributed by atoms with van der Waals surface area (Å²) in [4.78, 5) is 0. The molecule has 0 atom stereocenters. The second-order valence-electron chi connectivity index (χ2n) is 3.54. The molecule has 0 aliphatic carbocycles. The fraction of sp³-hybridized carbons (Fsp3) is 0.500. The van der Waals surface area contributed by atoms with Crippen LogP contribution in [0, 0.1) is 0 Å². The summed E-state index contributed by atoms with van der Waals surface area (Å²) in [6.45, 7) is 0.532. The molecule has 1 rings (SSSR count). The summed E-state index contributed by atoms with van der Waals surface area (Å²) in [6.07, 6.45) is 1.15. The highest BCUT2D eigenvalue weighted by atomic mass is 79.9. The lowest BCUT2D eigenvalue weighted by Gasteiger charge is -2.13. The maximum absolute atomic E-state index is 12.0. The molecule has 5 heteroatoms. The van der Waals surface area contributed by atoms with E-state index in [4.69, 9.17) is 15.2 Å². The SMILES string of the molecule is COc1cc(CCN)cc(Br)c1OCCCF. The largest absolute Gasteiger partial charge is 0.493 e. The molecule has 1 aromatic rings. The molecular formula is C12H17BrFNO2. The summed E-state index contributed by atoms with van der Waals surface area (Å²) in [6, 6.07) is 3.84. The minimum absolute atomic E-state index is 0.335. The van der Waals surface area contributed by atoms with E-state index in [1.54, 1.807) is 7.11 Å². The van der Waals surface area contributed by atoms with Gasteiger partial charge in [0.2, 0.25) is 0 Å². The van der Waals surface area contributed by atoms with Crippen LogP contribution in [0.2, 0.25) is 0 Å². The van der Waals surface area contributed by atoms with Crippen LogP contribution in [0.1, 0.15) is 12.0 Å². The lowest BCUT2D eigenvalue weighted by Crippen LogP contribution is -2.05. The molecule has 17 heavy (non-hydrogen) atoms. The van der Waals surface area contributed by atoms with Gasteiger partial charge in [-0.2, -0.15) is 0 Å². The fourth-order valence-electron chi connectivity index (χ4n) is 1.45. The van der Waals surface area contributed by atoms with Gasteiger partial charge < -0.3 is 15.2 Å². The third-order valence-corrected chi connectivity index (χ3v) is 2.84. The summed E-state index contributed by atoms with van der Waals surface area (Å²) in [5, 5.41) is 0. The molecule has 0 aliphatic heterocycles. The quantitative estimate of drug-likeness (QED) is 0.788. The first-order valence-electron chi connectivity index (χ1n) is 5.48. The van der Waals surface area contributed by atoms with Crippen molar-refractivity contribution in [1.29, 1.82) is 0 Å². The molecule has 0 saturated heterocycles. The Morgan fingerprint density at radius 3 is 2.76 bits per heavy atom. The highest BCUT2D eigenvalue weighted by molar-refractivity contribution is 9.10. The van der Waals surface area contributed by atoms with Crippen LogP contribution in [-0.4, -0.2) is 26.9 Å². The molecular weight excluding hydrogens is 289 g/mol. The Kier molecular flexibility index (Phi) is 6.29. The van der Waals surface area contributed by atoms with Crippen molar-refractivity contribution < 1.29 is 13.9 Å². The van der Waals surface area contributed by atoms with Crippen LogP contribution in [-0.2, 0) is 6.42 Å². The maximum Gasteiger partial charge on any atom is 0.175 e. The molecule has 0 aliphatic rings. The Bertz CT molecular complexity index is 361. The molecule has 0 spiro atoms. The predicted octanol–water partition coefficient (Wildman–Crippen LogP) is 2.70. The first-order valence-corrected chi connectivity index (χ1v) is 6.27. The van der Waals surface area contributed by atoms with Crippen LogP contribution in [0.3, 0.4) is 0 Å². The second kappa shape index (κ2) is 7.50. The zero-order chi connectivity index (χ0) is 12.7. The molecule has 0 unspecified atom stereocenters. The number of ether oxygens (including phenoxy) is 2. The van der Waals surface area contributed by atoms with Crippen molar-refractivity contribution in [1.82, 2.24) is 0 Å². The maximum atomic E-state index is 12.0. The standard InChI is InChI=1S/C12H17BrFNO2/c1-16-11-8-9(3-5-15)7-10(13)12(11)17-6-2-4-14/h7-8H,2-6,15H2,1H3. The highest BCUT2D eigenvalue weighted by Crippen LogP contribution is 2.36. The lowest BCUT2D eigenvalue weighted by atomic mass is 10.1. The Hall–Kier alpha value is -0.810. The van der Waals surface area contributed by atoms with Crippen LogP contribution < -0.4 is 15.2 Å². The fourth-order valence-corrected chi connectivity index (χ4v) is 2.06. The molecule has 3 nitrogen and oxygen atoms in total. The molecule has 0 heterocycles. The van der Waals surface area contributed by atoms with Gasteiger partial charge in [-0.15, -0.1) is 0 Å². The third-order valence-electron chi connectivity index (χ3n) is 2.25. The smallest absolute Gasteiger partial charge is 0.175 e. The van der Waals surface area contributed by atoms with Gasteiger partial charge in [0.25, 0.3) is 0 Å². The number of rotatable bonds is 7. The number of halogens is 2. The first-order chi connectivity index (χ1) is 8.22. The van der Waals surface area contributed by atoms with Gasteiger partial charge in [-0.3, -0.25) is 4.39 Å². The van der Waals surface area contributed by atoms with Gasteiger partial charge in [0, 0.05) is 6.42 Å². The molecule has 0 saturated carbocycles. The van der Waals surface area contributed by atoms with Crippen molar-refractivity contribution in [2.45, 2.75) is 12.8 Å². The van der Waals surface area contributed by atoms with E-state index in [9.17, 15) is 4.39 Å². The number of hydrogen-bond acceptors (Lipinski definition) is 3. The third kappa shape index (κ3) is 4.16. The molecule has 0 amide bonds. The van der Waals surface area contributed by atoms with Crippen molar-refractivity contribution in [2.24, 2.45) is 5.73 Å². The topological polar surface area (TPSA) is 44.5 Å². The van der Waals surface area contributed by atoms with Gasteiger partial charge in [-0.25, -0.2) is 0 Å². The Morgan fingerprint density at radius 2 is 2.18 bits per heavy atom. The number of methoxy groups -OCH3 is 1. The van der Waals surface area contributed by atoms with Crippen LogP contribution >= 0.6 is 15.9 Å². The molecule has 96 valence electrons. The second-order valence-corrected chi connectivity index (χ2v) is 4.39. The Balaban J connectivity index is 2.87. The molecule has 2 N–H and O–H groups in total. The van der Waals surface area contributed by atoms with Crippen molar-refractivity contribution in [3.8, 4) is 11.5 Å². The number of benzene rings is 1. The summed E-state index contributed by atoms with van der Waals surface area (Å²) in [7, 11) is 1.58. The highest BCUT2D eigenvalue weighted by Gasteiger charge is 2.11. The summed E-state index contributed by atoms with van der Waals surface area (Å²) < 4.78 is 23.6. The molecule has 0 radical (unpaired) electrons.